The van der Waals surface area contributed by atoms with Gasteiger partial charge in [-0.25, -0.2) is 0 Å². The molecular formula is C92H90BBrN2O2. The van der Waals surface area contributed by atoms with Gasteiger partial charge in [-0.1, -0.05) is 253 Å². The predicted octanol–water partition coefficient (Wildman–Crippen LogP) is 24.5. The highest BCUT2D eigenvalue weighted by Gasteiger charge is 2.60. The highest BCUT2D eigenvalue weighted by atomic mass is 79.9. The van der Waals surface area contributed by atoms with E-state index in [4.69, 9.17) is 9.31 Å². The Morgan fingerprint density at radius 3 is 1.26 bits per heavy atom. The second-order valence-corrected chi connectivity index (χ2v) is 33.4. The first-order valence-electron chi connectivity index (χ1n) is 36.2. The molecule has 2 saturated carbocycles. The third-order valence-electron chi connectivity index (χ3n) is 26.2. The maximum Gasteiger partial charge on any atom is 0.494 e. The molecule has 0 aromatic heterocycles. The zero-order chi connectivity index (χ0) is 67.7. The van der Waals surface area contributed by atoms with Crippen LogP contribution >= 0.6 is 15.9 Å². The molecule has 3 aliphatic heterocycles. The van der Waals surface area contributed by atoms with Gasteiger partial charge in [-0.2, -0.15) is 0 Å². The lowest BCUT2D eigenvalue weighted by Gasteiger charge is -2.50. The molecule has 490 valence electrons. The van der Waals surface area contributed by atoms with Gasteiger partial charge >= 0.3 is 7.12 Å². The van der Waals surface area contributed by atoms with E-state index in [1.54, 1.807) is 0 Å². The quantitative estimate of drug-likeness (QED) is 0.130. The Hall–Kier alpha value is -8.26. The molecule has 3 fully saturated rings. The van der Waals surface area contributed by atoms with Crippen molar-refractivity contribution in [1.82, 2.24) is 0 Å². The van der Waals surface area contributed by atoms with E-state index in [1.807, 2.05) is 0 Å². The Balaban J connectivity index is 0.000000117. The van der Waals surface area contributed by atoms with Crippen LogP contribution in [0, 0.1) is 0 Å². The van der Waals surface area contributed by atoms with Gasteiger partial charge in [0.05, 0.1) is 22.3 Å². The summed E-state index contributed by atoms with van der Waals surface area (Å²) < 4.78 is 13.9. The predicted molar refractivity (Wildman–Crippen MR) is 419 cm³/mol. The van der Waals surface area contributed by atoms with E-state index in [9.17, 15) is 0 Å². The summed E-state index contributed by atoms with van der Waals surface area (Å²) in [5, 5.41) is 10.7. The zero-order valence-electron chi connectivity index (χ0n) is 59.3. The number of fused-ring (bicyclic) bond motifs is 20. The van der Waals surface area contributed by atoms with Gasteiger partial charge in [-0.15, -0.1) is 0 Å². The number of hydrogen-bond acceptors (Lipinski definition) is 4. The zero-order valence-corrected chi connectivity index (χ0v) is 60.8. The minimum absolute atomic E-state index is 0.0360. The molecule has 0 amide bonds. The van der Waals surface area contributed by atoms with Crippen molar-refractivity contribution in [3.63, 3.8) is 0 Å². The average Bonchev–Trinajstić information content (AvgIpc) is 1.55. The minimum Gasteiger partial charge on any atom is -0.399 e. The van der Waals surface area contributed by atoms with Gasteiger partial charge in [0.1, 0.15) is 0 Å². The first-order valence-corrected chi connectivity index (χ1v) is 37.0. The van der Waals surface area contributed by atoms with Crippen molar-refractivity contribution in [2.24, 2.45) is 0 Å². The maximum atomic E-state index is 6.38. The summed E-state index contributed by atoms with van der Waals surface area (Å²) in [7, 11) is -0.315. The van der Waals surface area contributed by atoms with Gasteiger partial charge in [-0.3, -0.25) is 0 Å². The van der Waals surface area contributed by atoms with Crippen molar-refractivity contribution in [1.29, 1.82) is 0 Å². The molecule has 1 saturated heterocycles. The van der Waals surface area contributed by atoms with Crippen molar-refractivity contribution < 1.29 is 9.31 Å². The maximum absolute atomic E-state index is 6.38. The molecular weight excluding hydrogens is 1260 g/mol. The van der Waals surface area contributed by atoms with Crippen LogP contribution in [-0.2, 0) is 31.0 Å². The Kier molecular flexibility index (Phi) is 14.4. The summed E-state index contributed by atoms with van der Waals surface area (Å²) in [5.74, 6) is 0. The van der Waals surface area contributed by atoms with Crippen LogP contribution in [-0.4, -0.2) is 29.4 Å². The van der Waals surface area contributed by atoms with Crippen molar-refractivity contribution >= 4 is 94.4 Å². The molecule has 7 aliphatic rings. The summed E-state index contributed by atoms with van der Waals surface area (Å²) >= 11 is 3.64. The van der Waals surface area contributed by atoms with Crippen molar-refractivity contribution in [2.45, 2.75) is 178 Å². The lowest BCUT2D eigenvalue weighted by molar-refractivity contribution is 0.00578. The van der Waals surface area contributed by atoms with Crippen molar-refractivity contribution in [2.75, 3.05) is 9.80 Å². The number of nitrogens with zero attached hydrogens (tertiary/aromatic N) is 2. The number of para-hydroxylation sites is 2. The van der Waals surface area contributed by atoms with Gasteiger partial charge in [0, 0.05) is 48.9 Å². The van der Waals surface area contributed by atoms with Gasteiger partial charge in [0.25, 0.3) is 0 Å². The number of benzene rings is 12. The van der Waals surface area contributed by atoms with Crippen LogP contribution in [0.3, 0.4) is 0 Å². The Bertz CT molecular complexity index is 5230. The molecule has 12 aromatic carbocycles. The Morgan fingerprint density at radius 2 is 0.745 bits per heavy atom. The van der Waals surface area contributed by atoms with E-state index in [-0.39, 0.29) is 51.1 Å². The lowest BCUT2D eigenvalue weighted by Crippen LogP contribution is -2.54. The molecule has 0 radical (unpaired) electrons. The van der Waals surface area contributed by atoms with Crippen LogP contribution in [0.4, 0.5) is 22.7 Å². The average molecular weight is 1350 g/mol. The Morgan fingerprint density at radius 1 is 0.337 bits per heavy atom. The monoisotopic (exact) mass is 1340 g/mol. The minimum atomic E-state index is -0.323. The van der Waals surface area contributed by atoms with Crippen LogP contribution < -0.4 is 15.3 Å². The van der Waals surface area contributed by atoms with E-state index in [2.05, 4.69) is 339 Å². The fraction of sp³-hybridized carbons (Fsp3) is 0.304. The second-order valence-electron chi connectivity index (χ2n) is 32.5. The van der Waals surface area contributed by atoms with Crippen LogP contribution in [0.15, 0.2) is 235 Å². The Labute approximate surface area is 589 Å². The summed E-state index contributed by atoms with van der Waals surface area (Å²) in [4.78, 5) is 5.28. The highest BCUT2D eigenvalue weighted by molar-refractivity contribution is 9.10. The van der Waals surface area contributed by atoms with E-state index in [0.717, 1.165) is 9.94 Å². The summed E-state index contributed by atoms with van der Waals surface area (Å²) in [6.07, 6.45) is 10.0. The summed E-state index contributed by atoms with van der Waals surface area (Å²) in [5.41, 5.74) is 23.1. The highest BCUT2D eigenvalue weighted by Crippen LogP contribution is 2.63. The van der Waals surface area contributed by atoms with Gasteiger partial charge in [0.2, 0.25) is 0 Å². The molecule has 4 nitrogen and oxygen atoms in total. The van der Waals surface area contributed by atoms with Crippen molar-refractivity contribution in [3.8, 4) is 33.4 Å². The summed E-state index contributed by atoms with van der Waals surface area (Å²) in [6.45, 7) is 28.0. The molecule has 98 heavy (non-hydrogen) atoms. The van der Waals surface area contributed by atoms with Crippen LogP contribution in [0.25, 0.3) is 76.5 Å². The van der Waals surface area contributed by atoms with E-state index in [0.29, 0.717) is 0 Å². The molecule has 12 aromatic rings. The second kappa shape index (κ2) is 22.4. The van der Waals surface area contributed by atoms with E-state index < -0.39 is 0 Å². The third-order valence-corrected chi connectivity index (χ3v) is 26.7. The van der Waals surface area contributed by atoms with Gasteiger partial charge < -0.3 is 19.1 Å². The SMILES string of the molecule is CC1(C)OB(c2ccc3c(c2)C2(C)CCCCC2(C)N3c2ccccc2)OC1(C)C.CC1(C)c2cc(-c3ccc4c(c3)C3(C)CCCCC3(C)N4c3ccccc3)ccc2-c2c1ccc1c2ccc2ccccc21.CC1(C)c2cc(Br)ccc2-c2c1ccc1c2ccc2ccccc21. The lowest BCUT2D eigenvalue weighted by atomic mass is 9.61. The fourth-order valence-electron chi connectivity index (χ4n) is 19.6. The molecule has 6 heteroatoms. The first kappa shape index (κ1) is 63.2. The molecule has 3 heterocycles. The van der Waals surface area contributed by atoms with Crippen LogP contribution in [0.2, 0.25) is 0 Å². The van der Waals surface area contributed by atoms with Crippen LogP contribution in [0.1, 0.15) is 168 Å². The summed E-state index contributed by atoms with van der Waals surface area (Å²) in [6, 6.07) is 86.2. The van der Waals surface area contributed by atoms with Gasteiger partial charge in [-0.05, 0) is 243 Å². The number of anilines is 4. The molecule has 0 N–H and O–H groups in total. The normalized spacial score (nSPS) is 23.6. The molecule has 4 atom stereocenters. The molecule has 4 unspecified atom stereocenters. The smallest absolute Gasteiger partial charge is 0.399 e. The first-order chi connectivity index (χ1) is 47.0. The molecule has 0 bridgehead atoms. The van der Waals surface area contributed by atoms with Crippen LogP contribution in [0.5, 0.6) is 0 Å². The van der Waals surface area contributed by atoms with Gasteiger partial charge in [0.15, 0.2) is 0 Å². The standard InChI is InChI=1S/C43H39N.C26H34BNO2.C23H17Br/c1-41(2)36-22-21-33-32-15-9-8-12-28(32)16-19-34(33)40(36)35-20-17-29(26-37(35)41)30-18-23-39-38(27-30)42(3)24-10-11-25-43(42,4)44(39)31-13-6-5-7-14-31;1-23(2)24(3,4)30-27(29-23)19-14-15-22-21(18-19)25(5)16-10-11-17-26(25,6)28(22)20-12-8-7-9-13-20;1-23(2)20-12-11-17-16-6-4-3-5-14(16)7-9-18(17)22(20)19-10-8-15(24)13-21(19)23/h5-9,12-23,26-27H,10-11,24-25H2,1-4H3;7-9,12-15,18H,10-11,16-17H2,1-6H3;3-13H,1-2H3. The fourth-order valence-corrected chi connectivity index (χ4v) is 19.9. The topological polar surface area (TPSA) is 24.9 Å². The van der Waals surface area contributed by atoms with E-state index in [1.165, 1.54) is 184 Å². The largest absolute Gasteiger partial charge is 0.494 e. The number of rotatable bonds is 4. The molecule has 4 aliphatic carbocycles. The third kappa shape index (κ3) is 9.14. The number of hydrogen-bond donors (Lipinski definition) is 0. The number of halogens is 1. The van der Waals surface area contributed by atoms with E-state index >= 15 is 0 Å². The molecule has 19 rings (SSSR count). The van der Waals surface area contributed by atoms with Crippen molar-refractivity contribution in [3.05, 3.63) is 268 Å². The molecule has 0 spiro atoms.